The summed E-state index contributed by atoms with van der Waals surface area (Å²) in [4.78, 5) is 4.10. The van der Waals surface area contributed by atoms with Crippen LogP contribution in [0.1, 0.15) is 11.6 Å². The van der Waals surface area contributed by atoms with Gasteiger partial charge in [0.05, 0.1) is 26.4 Å². The summed E-state index contributed by atoms with van der Waals surface area (Å²) in [6, 6.07) is 1.96. The van der Waals surface area contributed by atoms with Crippen molar-refractivity contribution in [3.63, 3.8) is 0 Å². The summed E-state index contributed by atoms with van der Waals surface area (Å²) in [6.07, 6.45) is 3.46. The third kappa shape index (κ3) is 2.41. The molecule has 0 radical (unpaired) electrons. The van der Waals surface area contributed by atoms with Crippen LogP contribution < -0.4 is 4.74 Å². The molecule has 1 aliphatic heterocycles. The highest BCUT2D eigenvalue weighted by Gasteiger charge is 2.21. The summed E-state index contributed by atoms with van der Waals surface area (Å²) >= 11 is 5.65. The minimum atomic E-state index is 0.0332. The zero-order valence-corrected chi connectivity index (χ0v) is 9.76. The van der Waals surface area contributed by atoms with Crippen molar-refractivity contribution in [2.75, 3.05) is 26.1 Å². The highest BCUT2D eigenvalue weighted by molar-refractivity contribution is 6.18. The van der Waals surface area contributed by atoms with Gasteiger partial charge in [-0.25, -0.2) is 0 Å². The van der Waals surface area contributed by atoms with Crippen LogP contribution in [0.25, 0.3) is 0 Å². The van der Waals surface area contributed by atoms with Gasteiger partial charge in [-0.05, 0) is 6.07 Å². The smallest absolute Gasteiger partial charge is 0.137 e. The number of methoxy groups -OCH3 is 1. The first kappa shape index (κ1) is 11.1. The van der Waals surface area contributed by atoms with Crippen LogP contribution in [0.15, 0.2) is 28.8 Å². The number of rotatable bonds is 4. The van der Waals surface area contributed by atoms with E-state index >= 15 is 0 Å². The molecule has 0 spiro atoms. The molecule has 0 aromatic carbocycles. The molecule has 6 heteroatoms. The van der Waals surface area contributed by atoms with Gasteiger partial charge in [0.1, 0.15) is 11.8 Å². The van der Waals surface area contributed by atoms with E-state index in [9.17, 15) is 0 Å². The predicted octanol–water partition coefficient (Wildman–Crippen LogP) is 2.05. The Hall–Kier alpha value is -1.36. The highest BCUT2D eigenvalue weighted by Crippen LogP contribution is 2.26. The number of nitrogens with zero attached hydrogens (tertiary/aromatic N) is 4. The Kier molecular flexibility index (Phi) is 3.56. The Bertz CT molecular complexity index is 385. The van der Waals surface area contributed by atoms with Crippen molar-refractivity contribution in [3.8, 4) is 5.75 Å². The van der Waals surface area contributed by atoms with Crippen LogP contribution in [-0.2, 0) is 0 Å². The molecular formula is C10H13ClN4O. The largest absolute Gasteiger partial charge is 0.495 e. The van der Waals surface area contributed by atoms with Crippen molar-refractivity contribution in [3.05, 3.63) is 24.0 Å². The second-order valence-electron chi connectivity index (χ2n) is 3.48. The van der Waals surface area contributed by atoms with Gasteiger partial charge >= 0.3 is 0 Å². The van der Waals surface area contributed by atoms with Crippen molar-refractivity contribution < 1.29 is 4.74 Å². The lowest BCUT2D eigenvalue weighted by atomic mass is 10.1. The van der Waals surface area contributed by atoms with E-state index in [4.69, 9.17) is 16.3 Å². The van der Waals surface area contributed by atoms with Crippen molar-refractivity contribution >= 4 is 11.6 Å². The Morgan fingerprint density at radius 3 is 3.19 bits per heavy atom. The molecule has 5 nitrogen and oxygen atoms in total. The molecule has 2 rings (SSSR count). The standard InChI is InChI=1S/C10H13ClN4O/c1-16-9-4-8(5-12-6-9)10-7-15(3-2-11)14-13-10/h4-6,10H,2-3,7H2,1H3. The average Bonchev–Trinajstić information content (AvgIpc) is 2.78. The molecule has 0 amide bonds. The fourth-order valence-corrected chi connectivity index (χ4v) is 1.74. The van der Waals surface area contributed by atoms with E-state index in [0.717, 1.165) is 24.4 Å². The molecular weight excluding hydrogens is 228 g/mol. The first-order chi connectivity index (χ1) is 7.83. The van der Waals surface area contributed by atoms with E-state index in [1.54, 1.807) is 19.5 Å². The quantitative estimate of drug-likeness (QED) is 0.757. The number of ether oxygens (including phenoxy) is 1. The predicted molar refractivity (Wildman–Crippen MR) is 60.7 cm³/mol. The fraction of sp³-hybridized carbons (Fsp3) is 0.500. The van der Waals surface area contributed by atoms with Crippen LogP contribution in [-0.4, -0.2) is 36.1 Å². The van der Waals surface area contributed by atoms with E-state index in [2.05, 4.69) is 15.3 Å². The lowest BCUT2D eigenvalue weighted by molar-refractivity contribution is 0.328. The summed E-state index contributed by atoms with van der Waals surface area (Å²) < 4.78 is 5.12. The van der Waals surface area contributed by atoms with Crippen molar-refractivity contribution in [1.29, 1.82) is 0 Å². The maximum absolute atomic E-state index is 5.65. The van der Waals surface area contributed by atoms with E-state index in [1.165, 1.54) is 0 Å². The number of pyridine rings is 1. The lowest BCUT2D eigenvalue weighted by Crippen LogP contribution is -2.19. The van der Waals surface area contributed by atoms with Crippen LogP contribution in [0, 0.1) is 0 Å². The average molecular weight is 241 g/mol. The zero-order chi connectivity index (χ0) is 11.4. The molecule has 2 heterocycles. The van der Waals surface area contributed by atoms with Crippen LogP contribution in [0.2, 0.25) is 0 Å². The van der Waals surface area contributed by atoms with Gasteiger partial charge < -0.3 is 4.74 Å². The molecule has 0 bridgehead atoms. The van der Waals surface area contributed by atoms with Crippen molar-refractivity contribution in [1.82, 2.24) is 9.99 Å². The Balaban J connectivity index is 2.06. The lowest BCUT2D eigenvalue weighted by Gasteiger charge is -2.12. The molecule has 0 aliphatic carbocycles. The minimum absolute atomic E-state index is 0.0332. The van der Waals surface area contributed by atoms with Crippen molar-refractivity contribution in [2.45, 2.75) is 6.04 Å². The number of aromatic nitrogens is 1. The molecule has 1 aromatic rings. The van der Waals surface area contributed by atoms with Gasteiger partial charge in [0.15, 0.2) is 0 Å². The molecule has 1 unspecified atom stereocenters. The third-order valence-corrected chi connectivity index (χ3v) is 2.57. The second kappa shape index (κ2) is 5.12. The van der Waals surface area contributed by atoms with Gasteiger partial charge in [0.25, 0.3) is 0 Å². The van der Waals surface area contributed by atoms with Gasteiger partial charge in [-0.15, -0.1) is 11.6 Å². The van der Waals surface area contributed by atoms with Gasteiger partial charge in [0, 0.05) is 17.6 Å². The Labute approximate surface area is 99.1 Å². The summed E-state index contributed by atoms with van der Waals surface area (Å²) in [7, 11) is 1.62. The molecule has 1 aliphatic rings. The van der Waals surface area contributed by atoms with E-state index in [0.29, 0.717) is 5.88 Å². The van der Waals surface area contributed by atoms with E-state index < -0.39 is 0 Å². The Morgan fingerprint density at radius 1 is 1.56 bits per heavy atom. The summed E-state index contributed by atoms with van der Waals surface area (Å²) in [5, 5.41) is 10.1. The maximum Gasteiger partial charge on any atom is 0.137 e. The zero-order valence-electron chi connectivity index (χ0n) is 9.01. The molecule has 0 fully saturated rings. The maximum atomic E-state index is 5.65. The van der Waals surface area contributed by atoms with Gasteiger partial charge in [-0.3, -0.25) is 9.99 Å². The summed E-state index contributed by atoms with van der Waals surface area (Å²) in [5.74, 6) is 1.30. The first-order valence-electron chi connectivity index (χ1n) is 5.04. The van der Waals surface area contributed by atoms with Gasteiger partial charge in [0.2, 0.25) is 0 Å². The van der Waals surface area contributed by atoms with Gasteiger partial charge in [-0.2, -0.15) is 5.11 Å². The normalized spacial score (nSPS) is 19.1. The topological polar surface area (TPSA) is 50.1 Å². The van der Waals surface area contributed by atoms with E-state index in [1.807, 2.05) is 11.1 Å². The minimum Gasteiger partial charge on any atom is -0.495 e. The molecule has 86 valence electrons. The number of hydrogen-bond donors (Lipinski definition) is 0. The molecule has 16 heavy (non-hydrogen) atoms. The molecule has 1 atom stereocenters. The molecule has 0 saturated carbocycles. The fourth-order valence-electron chi connectivity index (χ4n) is 1.54. The van der Waals surface area contributed by atoms with Crippen LogP contribution in [0.5, 0.6) is 5.75 Å². The highest BCUT2D eigenvalue weighted by atomic mass is 35.5. The Morgan fingerprint density at radius 2 is 2.44 bits per heavy atom. The first-order valence-corrected chi connectivity index (χ1v) is 5.57. The van der Waals surface area contributed by atoms with Crippen LogP contribution in [0.4, 0.5) is 0 Å². The monoisotopic (exact) mass is 240 g/mol. The molecule has 1 aromatic heterocycles. The van der Waals surface area contributed by atoms with Gasteiger partial charge in [-0.1, -0.05) is 5.22 Å². The van der Waals surface area contributed by atoms with Crippen LogP contribution >= 0.6 is 11.6 Å². The number of hydrogen-bond acceptors (Lipinski definition) is 5. The number of alkyl halides is 1. The number of halogens is 1. The summed E-state index contributed by atoms with van der Waals surface area (Å²) in [5.41, 5.74) is 1.01. The van der Waals surface area contributed by atoms with Crippen LogP contribution in [0.3, 0.4) is 0 Å². The van der Waals surface area contributed by atoms with Crippen molar-refractivity contribution in [2.24, 2.45) is 10.3 Å². The SMILES string of the molecule is COc1cncc(C2CN(CCCl)N=N2)c1. The molecule has 0 N–H and O–H groups in total. The summed E-state index contributed by atoms with van der Waals surface area (Å²) in [6.45, 7) is 1.47. The third-order valence-electron chi connectivity index (χ3n) is 2.40. The molecule has 0 saturated heterocycles. The van der Waals surface area contributed by atoms with E-state index in [-0.39, 0.29) is 6.04 Å². The second-order valence-corrected chi connectivity index (χ2v) is 3.86.